The van der Waals surface area contributed by atoms with Crippen LogP contribution >= 0.6 is 11.5 Å². The van der Waals surface area contributed by atoms with Gasteiger partial charge in [-0.1, -0.05) is 29.8 Å². The summed E-state index contributed by atoms with van der Waals surface area (Å²) in [5.74, 6) is -2.51. The lowest BCUT2D eigenvalue weighted by atomic mass is 10.0. The number of anilines is 2. The molecule has 3 aromatic rings. The van der Waals surface area contributed by atoms with Crippen LogP contribution in [0.1, 0.15) is 50.2 Å². The van der Waals surface area contributed by atoms with Crippen LogP contribution in [0.4, 0.5) is 15.8 Å². The van der Waals surface area contributed by atoms with Crippen molar-refractivity contribution in [3.63, 3.8) is 0 Å². The standard InChI is InChI=1S/C25H26FN5O4S/c1-14-4-6-15(7-5-14)21(24(33)29-13-18-3-2-12-35-18)31(17-10-8-16(26)9-11-17)25(34)22-19(27)20(23(28)32)30-36-22/h4-11,18,21H,2-3,12-13,27H2,1H3,(H2,28,32)(H,29,33)/t18-,21-/m1/s1. The first-order chi connectivity index (χ1) is 17.3. The third kappa shape index (κ3) is 5.37. The summed E-state index contributed by atoms with van der Waals surface area (Å²) in [5, 5.41) is 2.89. The molecule has 0 spiro atoms. The summed E-state index contributed by atoms with van der Waals surface area (Å²) in [5.41, 5.74) is 12.7. The van der Waals surface area contributed by atoms with Crippen LogP contribution in [0.2, 0.25) is 0 Å². The second-order valence-electron chi connectivity index (χ2n) is 8.48. The zero-order valence-corrected chi connectivity index (χ0v) is 20.4. The topological polar surface area (TPSA) is 141 Å². The molecule has 1 aromatic heterocycles. The lowest BCUT2D eigenvalue weighted by molar-refractivity contribution is -0.123. The molecule has 2 aromatic carbocycles. The molecule has 0 unspecified atom stereocenters. The van der Waals surface area contributed by atoms with Crippen molar-refractivity contribution in [3.8, 4) is 0 Å². The Bertz CT molecular complexity index is 1260. The number of carbonyl (C=O) groups is 3. The maximum Gasteiger partial charge on any atom is 0.273 e. The van der Waals surface area contributed by atoms with Crippen molar-refractivity contribution in [2.75, 3.05) is 23.8 Å². The first-order valence-corrected chi connectivity index (χ1v) is 12.1. The molecule has 0 radical (unpaired) electrons. The van der Waals surface area contributed by atoms with E-state index in [1.165, 1.54) is 29.2 Å². The Morgan fingerprint density at radius 1 is 1.19 bits per heavy atom. The normalized spacial score (nSPS) is 15.9. The SMILES string of the molecule is Cc1ccc([C@H](C(=O)NC[C@H]2CCCO2)N(C(=O)c2snc(C(N)=O)c2N)c2ccc(F)cc2)cc1. The second kappa shape index (κ2) is 10.8. The van der Waals surface area contributed by atoms with E-state index in [1.54, 1.807) is 12.1 Å². The van der Waals surface area contributed by atoms with Gasteiger partial charge < -0.3 is 21.5 Å². The average Bonchev–Trinajstić information content (AvgIpc) is 3.52. The Kier molecular flexibility index (Phi) is 7.61. The van der Waals surface area contributed by atoms with Crippen molar-refractivity contribution in [1.82, 2.24) is 9.69 Å². The van der Waals surface area contributed by atoms with Crippen LogP contribution in [0, 0.1) is 12.7 Å². The van der Waals surface area contributed by atoms with Crippen molar-refractivity contribution < 1.29 is 23.5 Å². The van der Waals surface area contributed by atoms with Crippen LogP contribution in [0.3, 0.4) is 0 Å². The molecule has 0 bridgehead atoms. The number of nitrogens with one attached hydrogen (secondary N) is 1. The maximum absolute atomic E-state index is 13.9. The number of benzene rings is 2. The van der Waals surface area contributed by atoms with Gasteiger partial charge in [-0.15, -0.1) is 0 Å². The van der Waals surface area contributed by atoms with Gasteiger partial charge in [-0.25, -0.2) is 4.39 Å². The van der Waals surface area contributed by atoms with Gasteiger partial charge in [-0.2, -0.15) is 4.37 Å². The molecule has 0 aliphatic carbocycles. The molecular formula is C25H26FN5O4S. The molecule has 1 aliphatic rings. The number of nitrogens with two attached hydrogens (primary N) is 2. The first kappa shape index (κ1) is 25.3. The van der Waals surface area contributed by atoms with Gasteiger partial charge in [0.25, 0.3) is 11.8 Å². The summed E-state index contributed by atoms with van der Waals surface area (Å²) in [6.07, 6.45) is 1.62. The molecule has 3 amide bonds. The number of ether oxygens (including phenoxy) is 1. The van der Waals surface area contributed by atoms with Gasteiger partial charge in [0, 0.05) is 18.8 Å². The lowest BCUT2D eigenvalue weighted by Crippen LogP contribution is -2.45. The van der Waals surface area contributed by atoms with Crippen LogP contribution in [-0.2, 0) is 9.53 Å². The third-order valence-corrected chi connectivity index (χ3v) is 6.76. The van der Waals surface area contributed by atoms with Gasteiger partial charge in [0.1, 0.15) is 16.7 Å². The summed E-state index contributed by atoms with van der Waals surface area (Å²) < 4.78 is 23.3. The molecule has 2 heterocycles. The third-order valence-electron chi connectivity index (χ3n) is 5.91. The molecule has 188 valence electrons. The largest absolute Gasteiger partial charge is 0.395 e. The van der Waals surface area contributed by atoms with Gasteiger partial charge in [0.2, 0.25) is 5.91 Å². The van der Waals surface area contributed by atoms with E-state index in [0.717, 1.165) is 18.4 Å². The van der Waals surface area contributed by atoms with E-state index in [4.69, 9.17) is 16.2 Å². The summed E-state index contributed by atoms with van der Waals surface area (Å²) in [6, 6.07) is 11.2. The number of carbonyl (C=O) groups excluding carboxylic acids is 3. The summed E-state index contributed by atoms with van der Waals surface area (Å²) in [4.78, 5) is 40.4. The van der Waals surface area contributed by atoms with Gasteiger partial charge in [0.05, 0.1) is 11.8 Å². The highest BCUT2D eigenvalue weighted by Crippen LogP contribution is 2.33. The Balaban J connectivity index is 1.79. The van der Waals surface area contributed by atoms with Gasteiger partial charge in [0.15, 0.2) is 5.69 Å². The first-order valence-electron chi connectivity index (χ1n) is 11.4. The Morgan fingerprint density at radius 2 is 1.89 bits per heavy atom. The van der Waals surface area contributed by atoms with E-state index in [9.17, 15) is 18.8 Å². The van der Waals surface area contributed by atoms with Gasteiger partial charge >= 0.3 is 0 Å². The van der Waals surface area contributed by atoms with Crippen molar-refractivity contribution in [2.45, 2.75) is 31.9 Å². The van der Waals surface area contributed by atoms with Gasteiger partial charge in [-0.05, 0) is 61.1 Å². The van der Waals surface area contributed by atoms with Crippen molar-refractivity contribution in [3.05, 3.63) is 76.0 Å². The molecule has 11 heteroatoms. The van der Waals surface area contributed by atoms with E-state index in [1.807, 2.05) is 19.1 Å². The molecule has 1 fully saturated rings. The zero-order chi connectivity index (χ0) is 25.8. The molecule has 36 heavy (non-hydrogen) atoms. The molecule has 9 nitrogen and oxygen atoms in total. The number of amides is 3. The van der Waals surface area contributed by atoms with Crippen molar-refractivity contribution in [1.29, 1.82) is 0 Å². The maximum atomic E-state index is 13.9. The molecule has 1 saturated heterocycles. The summed E-state index contributed by atoms with van der Waals surface area (Å²) in [6.45, 7) is 2.82. The fourth-order valence-electron chi connectivity index (χ4n) is 4.01. The number of aryl methyl sites for hydroxylation is 1. The van der Waals surface area contributed by atoms with Gasteiger partial charge in [-0.3, -0.25) is 19.3 Å². The van der Waals surface area contributed by atoms with Crippen molar-refractivity contribution in [2.24, 2.45) is 5.73 Å². The quantitative estimate of drug-likeness (QED) is 0.425. The number of hydrogen-bond acceptors (Lipinski definition) is 7. The Hall–Kier alpha value is -3.83. The van der Waals surface area contributed by atoms with Crippen LogP contribution in [0.5, 0.6) is 0 Å². The summed E-state index contributed by atoms with van der Waals surface area (Å²) >= 11 is 0.706. The number of rotatable bonds is 8. The molecule has 0 saturated carbocycles. The predicted octanol–water partition coefficient (Wildman–Crippen LogP) is 2.96. The zero-order valence-electron chi connectivity index (χ0n) is 19.6. The minimum Gasteiger partial charge on any atom is -0.395 e. The van der Waals surface area contributed by atoms with E-state index < -0.39 is 29.6 Å². The highest BCUT2D eigenvalue weighted by molar-refractivity contribution is 7.09. The number of nitrogen functional groups attached to an aromatic ring is 1. The average molecular weight is 512 g/mol. The number of primary amides is 1. The highest BCUT2D eigenvalue weighted by Gasteiger charge is 2.36. The van der Waals surface area contributed by atoms with Crippen LogP contribution in [0.25, 0.3) is 0 Å². The van der Waals surface area contributed by atoms with Crippen LogP contribution in [0.15, 0.2) is 48.5 Å². The number of aromatic nitrogens is 1. The minimum atomic E-state index is -1.14. The predicted molar refractivity (Wildman–Crippen MR) is 134 cm³/mol. The summed E-state index contributed by atoms with van der Waals surface area (Å²) in [7, 11) is 0. The van der Waals surface area contributed by atoms with Crippen LogP contribution in [-0.4, -0.2) is 41.4 Å². The fourth-order valence-corrected chi connectivity index (χ4v) is 4.75. The number of nitrogens with zero attached hydrogens (tertiary/aromatic N) is 2. The molecule has 4 rings (SSSR count). The van der Waals surface area contributed by atoms with Crippen LogP contribution < -0.4 is 21.7 Å². The number of hydrogen-bond donors (Lipinski definition) is 3. The smallest absolute Gasteiger partial charge is 0.273 e. The fraction of sp³-hybridized carbons (Fsp3) is 0.280. The molecular weight excluding hydrogens is 485 g/mol. The van der Waals surface area contributed by atoms with E-state index in [0.29, 0.717) is 23.7 Å². The Labute approximate surface area is 211 Å². The molecule has 5 N–H and O–H groups in total. The monoisotopic (exact) mass is 511 g/mol. The van der Waals surface area contributed by atoms with Crippen molar-refractivity contribution >= 4 is 40.6 Å². The second-order valence-corrected chi connectivity index (χ2v) is 9.26. The van der Waals surface area contributed by atoms with E-state index in [2.05, 4.69) is 9.69 Å². The van der Waals surface area contributed by atoms with E-state index >= 15 is 0 Å². The number of halogens is 1. The lowest BCUT2D eigenvalue weighted by Gasteiger charge is -2.31. The minimum absolute atomic E-state index is 0.0582. The molecule has 1 aliphatic heterocycles. The Morgan fingerprint density at radius 3 is 2.47 bits per heavy atom. The highest BCUT2D eigenvalue weighted by atomic mass is 32.1. The van der Waals surface area contributed by atoms with E-state index in [-0.39, 0.29) is 34.6 Å². The molecule has 2 atom stereocenters.